The van der Waals surface area contributed by atoms with E-state index in [1.54, 1.807) is 0 Å². The molecule has 1 aromatic heterocycles. The van der Waals surface area contributed by atoms with E-state index in [4.69, 9.17) is 11.6 Å². The maximum atomic E-state index is 13.6. The number of piperidine rings is 1. The molecular formula is C13H21Cl2FN4. The van der Waals surface area contributed by atoms with Crippen molar-refractivity contribution in [1.82, 2.24) is 15.3 Å². The Morgan fingerprint density at radius 1 is 1.30 bits per heavy atom. The van der Waals surface area contributed by atoms with Crippen LogP contribution in [-0.4, -0.2) is 27.1 Å². The third kappa shape index (κ3) is 4.43. The van der Waals surface area contributed by atoms with E-state index < -0.39 is 5.82 Å². The summed E-state index contributed by atoms with van der Waals surface area (Å²) in [7, 11) is 0. The van der Waals surface area contributed by atoms with E-state index in [0.717, 1.165) is 19.0 Å². The van der Waals surface area contributed by atoms with Crippen molar-refractivity contribution in [2.45, 2.75) is 57.7 Å². The Bertz CT molecular complexity index is 463. The molecule has 1 aliphatic heterocycles. The summed E-state index contributed by atoms with van der Waals surface area (Å²) in [6.45, 7) is 8.58. The molecule has 1 aromatic rings. The third-order valence-corrected chi connectivity index (χ3v) is 3.43. The van der Waals surface area contributed by atoms with Crippen LogP contribution in [0.25, 0.3) is 0 Å². The van der Waals surface area contributed by atoms with Gasteiger partial charge >= 0.3 is 0 Å². The summed E-state index contributed by atoms with van der Waals surface area (Å²) >= 11 is 5.71. The van der Waals surface area contributed by atoms with Crippen molar-refractivity contribution in [3.05, 3.63) is 17.3 Å². The average Bonchev–Trinajstić information content (AvgIpc) is 2.18. The van der Waals surface area contributed by atoms with Crippen LogP contribution in [0.4, 0.5) is 10.2 Å². The Hall–Kier alpha value is -0.650. The molecule has 0 spiro atoms. The number of hydrogen-bond acceptors (Lipinski definition) is 4. The van der Waals surface area contributed by atoms with Crippen molar-refractivity contribution in [3.8, 4) is 0 Å². The van der Waals surface area contributed by atoms with Gasteiger partial charge in [0.05, 0.1) is 6.20 Å². The minimum absolute atomic E-state index is 0. The molecule has 1 fully saturated rings. The molecule has 0 atom stereocenters. The van der Waals surface area contributed by atoms with Crippen LogP contribution in [-0.2, 0) is 0 Å². The first kappa shape index (κ1) is 17.4. The van der Waals surface area contributed by atoms with Gasteiger partial charge in [-0.3, -0.25) is 0 Å². The molecule has 0 radical (unpaired) electrons. The Labute approximate surface area is 130 Å². The maximum absolute atomic E-state index is 13.6. The minimum atomic E-state index is -0.474. The van der Waals surface area contributed by atoms with Crippen molar-refractivity contribution >= 4 is 29.8 Å². The minimum Gasteiger partial charge on any atom is -0.365 e. The Morgan fingerprint density at radius 2 is 1.85 bits per heavy atom. The zero-order chi connectivity index (χ0) is 14.3. The van der Waals surface area contributed by atoms with E-state index in [9.17, 15) is 4.39 Å². The second-order valence-electron chi connectivity index (χ2n) is 6.48. The van der Waals surface area contributed by atoms with Gasteiger partial charge in [-0.15, -0.1) is 12.4 Å². The van der Waals surface area contributed by atoms with Crippen LogP contribution < -0.4 is 10.6 Å². The fraction of sp³-hybridized carbons (Fsp3) is 0.692. The standard InChI is InChI=1S/C13H20ClFN4.ClH/c1-12(2)5-8(6-13(3,4)19-12)17-10-9(15)7-16-11(14)18-10;/h7-8,19H,5-6H2,1-4H3,(H,16,17,18);1H. The van der Waals surface area contributed by atoms with E-state index in [1.807, 2.05) is 0 Å². The van der Waals surface area contributed by atoms with Gasteiger partial charge in [0, 0.05) is 17.1 Å². The van der Waals surface area contributed by atoms with Crippen LogP contribution in [0.3, 0.4) is 0 Å². The first-order chi connectivity index (χ1) is 8.67. The monoisotopic (exact) mass is 322 g/mol. The highest BCUT2D eigenvalue weighted by atomic mass is 35.5. The van der Waals surface area contributed by atoms with E-state index in [-0.39, 0.29) is 40.6 Å². The normalized spacial score (nSPS) is 21.1. The fourth-order valence-electron chi connectivity index (χ4n) is 3.06. The molecule has 7 heteroatoms. The third-order valence-electron chi connectivity index (χ3n) is 3.25. The van der Waals surface area contributed by atoms with Crippen LogP contribution in [0.5, 0.6) is 0 Å². The number of hydrogen-bond donors (Lipinski definition) is 2. The number of anilines is 1. The lowest BCUT2D eigenvalue weighted by Gasteiger charge is -2.46. The van der Waals surface area contributed by atoms with Crippen molar-refractivity contribution in [2.75, 3.05) is 5.32 Å². The molecule has 2 N–H and O–H groups in total. The smallest absolute Gasteiger partial charge is 0.224 e. The molecule has 0 amide bonds. The van der Waals surface area contributed by atoms with Crippen molar-refractivity contribution in [2.24, 2.45) is 0 Å². The predicted molar refractivity (Wildman–Crippen MR) is 82.2 cm³/mol. The lowest BCUT2D eigenvalue weighted by atomic mass is 9.79. The number of nitrogens with one attached hydrogen (secondary N) is 2. The highest BCUT2D eigenvalue weighted by Gasteiger charge is 2.37. The van der Waals surface area contributed by atoms with E-state index in [0.29, 0.717) is 0 Å². The second-order valence-corrected chi connectivity index (χ2v) is 6.82. The number of aromatic nitrogens is 2. The molecular weight excluding hydrogens is 302 g/mol. The van der Waals surface area contributed by atoms with Gasteiger partial charge in [0.25, 0.3) is 0 Å². The molecule has 2 heterocycles. The predicted octanol–water partition coefficient (Wildman–Crippen LogP) is 3.41. The van der Waals surface area contributed by atoms with Gasteiger partial charge in [0.2, 0.25) is 5.28 Å². The quantitative estimate of drug-likeness (QED) is 0.819. The van der Waals surface area contributed by atoms with Gasteiger partial charge in [0.15, 0.2) is 11.6 Å². The lowest BCUT2D eigenvalue weighted by molar-refractivity contribution is 0.170. The number of nitrogens with zero attached hydrogens (tertiary/aromatic N) is 2. The van der Waals surface area contributed by atoms with E-state index >= 15 is 0 Å². The Morgan fingerprint density at radius 3 is 2.40 bits per heavy atom. The van der Waals surface area contributed by atoms with Crippen molar-refractivity contribution in [1.29, 1.82) is 0 Å². The molecule has 0 saturated carbocycles. The summed E-state index contributed by atoms with van der Waals surface area (Å²) in [5.74, 6) is -0.294. The Balaban J connectivity index is 0.00000200. The summed E-state index contributed by atoms with van der Waals surface area (Å²) in [6, 6.07) is 0.145. The highest BCUT2D eigenvalue weighted by molar-refractivity contribution is 6.28. The SMILES string of the molecule is CC1(C)CC(Nc2nc(Cl)ncc2F)CC(C)(C)N1.Cl. The van der Waals surface area contributed by atoms with Crippen LogP contribution in [0.1, 0.15) is 40.5 Å². The van der Waals surface area contributed by atoms with Crippen molar-refractivity contribution < 1.29 is 4.39 Å². The van der Waals surface area contributed by atoms with Crippen LogP contribution >= 0.6 is 24.0 Å². The topological polar surface area (TPSA) is 49.8 Å². The van der Waals surface area contributed by atoms with Crippen LogP contribution in [0, 0.1) is 5.82 Å². The largest absolute Gasteiger partial charge is 0.365 e. The van der Waals surface area contributed by atoms with Gasteiger partial charge in [-0.2, -0.15) is 4.98 Å². The average molecular weight is 323 g/mol. The lowest BCUT2D eigenvalue weighted by Crippen LogP contribution is -2.60. The van der Waals surface area contributed by atoms with E-state index in [2.05, 4.69) is 48.3 Å². The summed E-state index contributed by atoms with van der Waals surface area (Å²) in [5.41, 5.74) is -0.0144. The molecule has 4 nitrogen and oxygen atoms in total. The maximum Gasteiger partial charge on any atom is 0.224 e. The summed E-state index contributed by atoms with van der Waals surface area (Å²) in [6.07, 6.45) is 2.87. The Kier molecular flexibility index (Phi) is 5.22. The molecule has 0 bridgehead atoms. The van der Waals surface area contributed by atoms with E-state index in [1.165, 1.54) is 0 Å². The summed E-state index contributed by atoms with van der Waals surface area (Å²) in [5, 5.41) is 6.78. The van der Waals surface area contributed by atoms with Gasteiger partial charge < -0.3 is 10.6 Å². The molecule has 2 rings (SSSR count). The second kappa shape index (κ2) is 6.00. The highest BCUT2D eigenvalue weighted by Crippen LogP contribution is 2.30. The summed E-state index contributed by atoms with van der Waals surface area (Å²) < 4.78 is 13.6. The molecule has 0 aromatic carbocycles. The number of rotatable bonds is 2. The fourth-order valence-corrected chi connectivity index (χ4v) is 3.20. The zero-order valence-electron chi connectivity index (χ0n) is 12.1. The first-order valence-electron chi connectivity index (χ1n) is 6.41. The van der Waals surface area contributed by atoms with Crippen molar-refractivity contribution in [3.63, 3.8) is 0 Å². The van der Waals surface area contributed by atoms with Crippen LogP contribution in [0.15, 0.2) is 6.20 Å². The zero-order valence-corrected chi connectivity index (χ0v) is 13.7. The molecule has 1 aliphatic rings. The molecule has 0 aliphatic carbocycles. The first-order valence-corrected chi connectivity index (χ1v) is 6.79. The van der Waals surface area contributed by atoms with Gasteiger partial charge in [-0.05, 0) is 52.1 Å². The van der Waals surface area contributed by atoms with Gasteiger partial charge in [0.1, 0.15) is 0 Å². The summed E-state index contributed by atoms with van der Waals surface area (Å²) in [4.78, 5) is 7.53. The molecule has 20 heavy (non-hydrogen) atoms. The molecule has 114 valence electrons. The van der Waals surface area contributed by atoms with Gasteiger partial charge in [-0.1, -0.05) is 0 Å². The molecule has 1 saturated heterocycles. The number of halogens is 3. The van der Waals surface area contributed by atoms with Gasteiger partial charge in [-0.25, -0.2) is 9.37 Å². The van der Waals surface area contributed by atoms with Crippen LogP contribution in [0.2, 0.25) is 5.28 Å². The molecule has 0 unspecified atom stereocenters.